The van der Waals surface area contributed by atoms with Crippen LogP contribution in [0.1, 0.15) is 6.42 Å². The van der Waals surface area contributed by atoms with Crippen molar-refractivity contribution in [3.8, 4) is 0 Å². The Morgan fingerprint density at radius 1 is 1.21 bits per heavy atom. The molecule has 3 rings (SSSR count). The van der Waals surface area contributed by atoms with E-state index in [-0.39, 0.29) is 31.3 Å². The summed E-state index contributed by atoms with van der Waals surface area (Å²) < 4.78 is 0. The molecule has 0 spiro atoms. The van der Waals surface area contributed by atoms with Gasteiger partial charge in [0.25, 0.3) is 0 Å². The van der Waals surface area contributed by atoms with Crippen molar-refractivity contribution in [1.82, 2.24) is 4.90 Å². The first-order valence-corrected chi connectivity index (χ1v) is 7.72. The van der Waals surface area contributed by atoms with Crippen molar-refractivity contribution in [3.05, 3.63) is 42.5 Å². The Balaban J connectivity index is 1.85. The van der Waals surface area contributed by atoms with Crippen LogP contribution in [0.25, 0.3) is 10.8 Å². The molecule has 0 aromatic heterocycles. The van der Waals surface area contributed by atoms with Gasteiger partial charge < -0.3 is 14.9 Å². The average Bonchev–Trinajstić information content (AvgIpc) is 2.94. The van der Waals surface area contributed by atoms with Crippen LogP contribution in [0.2, 0.25) is 0 Å². The van der Waals surface area contributed by atoms with E-state index < -0.39 is 11.9 Å². The zero-order valence-corrected chi connectivity index (χ0v) is 13.3. The van der Waals surface area contributed by atoms with Crippen molar-refractivity contribution >= 4 is 34.2 Å². The van der Waals surface area contributed by atoms with Gasteiger partial charge in [-0.1, -0.05) is 36.4 Å². The number of fused-ring (bicyclic) bond motifs is 1. The van der Waals surface area contributed by atoms with Crippen molar-refractivity contribution in [2.24, 2.45) is 5.92 Å². The fourth-order valence-corrected chi connectivity index (χ4v) is 3.14. The maximum absolute atomic E-state index is 12.4. The van der Waals surface area contributed by atoms with Gasteiger partial charge in [0, 0.05) is 25.4 Å². The van der Waals surface area contributed by atoms with Crippen LogP contribution in [-0.4, -0.2) is 47.9 Å². The molecule has 1 atom stereocenters. The standard InChI is InChI=1S/C18H18N2O4/c1-19(11-17(22)23)18(24)13-9-16(21)20(10-13)15-8-4-6-12-5-2-3-7-14(12)15/h2-8,13H,9-11H2,1H3,(H,22,23). The summed E-state index contributed by atoms with van der Waals surface area (Å²) in [4.78, 5) is 38.3. The minimum absolute atomic E-state index is 0.103. The van der Waals surface area contributed by atoms with Gasteiger partial charge in [0.2, 0.25) is 11.8 Å². The van der Waals surface area contributed by atoms with Crippen LogP contribution >= 0.6 is 0 Å². The van der Waals surface area contributed by atoms with Crippen LogP contribution < -0.4 is 4.90 Å². The summed E-state index contributed by atoms with van der Waals surface area (Å²) in [6.07, 6.45) is 0.103. The lowest BCUT2D eigenvalue weighted by atomic mass is 10.1. The van der Waals surface area contributed by atoms with Gasteiger partial charge in [0.15, 0.2) is 0 Å². The lowest BCUT2D eigenvalue weighted by Crippen LogP contribution is -2.37. The van der Waals surface area contributed by atoms with Crippen LogP contribution in [-0.2, 0) is 14.4 Å². The highest BCUT2D eigenvalue weighted by Crippen LogP contribution is 2.32. The molecular formula is C18H18N2O4. The maximum Gasteiger partial charge on any atom is 0.323 e. The third-order valence-electron chi connectivity index (χ3n) is 4.28. The number of carbonyl (C=O) groups excluding carboxylic acids is 2. The molecule has 24 heavy (non-hydrogen) atoms. The number of hydrogen-bond acceptors (Lipinski definition) is 3. The summed E-state index contributed by atoms with van der Waals surface area (Å²) in [5, 5.41) is 10.8. The van der Waals surface area contributed by atoms with Gasteiger partial charge in [0.05, 0.1) is 11.6 Å². The first-order chi connectivity index (χ1) is 11.5. The fraction of sp³-hybridized carbons (Fsp3) is 0.278. The Morgan fingerprint density at radius 3 is 2.67 bits per heavy atom. The van der Waals surface area contributed by atoms with E-state index in [2.05, 4.69) is 0 Å². The van der Waals surface area contributed by atoms with Gasteiger partial charge in [0.1, 0.15) is 6.54 Å². The van der Waals surface area contributed by atoms with E-state index in [1.165, 1.54) is 7.05 Å². The highest BCUT2D eigenvalue weighted by Gasteiger charge is 2.37. The van der Waals surface area contributed by atoms with Crippen molar-refractivity contribution in [1.29, 1.82) is 0 Å². The first-order valence-electron chi connectivity index (χ1n) is 7.72. The maximum atomic E-state index is 12.4. The van der Waals surface area contributed by atoms with Crippen molar-refractivity contribution in [2.45, 2.75) is 6.42 Å². The highest BCUT2D eigenvalue weighted by molar-refractivity contribution is 6.07. The van der Waals surface area contributed by atoms with Gasteiger partial charge in [-0.05, 0) is 11.5 Å². The second kappa shape index (κ2) is 6.31. The molecule has 2 aromatic carbocycles. The van der Waals surface area contributed by atoms with E-state index >= 15 is 0 Å². The minimum atomic E-state index is -1.07. The number of aliphatic carboxylic acids is 1. The van der Waals surface area contributed by atoms with Gasteiger partial charge in [-0.2, -0.15) is 0 Å². The largest absolute Gasteiger partial charge is 0.480 e. The number of anilines is 1. The molecule has 1 fully saturated rings. The third-order valence-corrected chi connectivity index (χ3v) is 4.28. The Hall–Kier alpha value is -2.89. The smallest absolute Gasteiger partial charge is 0.323 e. The SMILES string of the molecule is CN(CC(=O)O)C(=O)C1CC(=O)N(c2cccc3ccccc23)C1. The molecule has 2 aromatic rings. The van der Waals surface area contributed by atoms with E-state index in [0.717, 1.165) is 21.4 Å². The lowest BCUT2D eigenvalue weighted by molar-refractivity contribution is -0.145. The number of hydrogen-bond donors (Lipinski definition) is 1. The van der Waals surface area contributed by atoms with E-state index in [4.69, 9.17) is 5.11 Å². The Morgan fingerprint density at radius 2 is 1.92 bits per heavy atom. The topological polar surface area (TPSA) is 77.9 Å². The van der Waals surface area contributed by atoms with Crippen molar-refractivity contribution in [2.75, 3.05) is 25.0 Å². The Bertz CT molecular complexity index is 812. The quantitative estimate of drug-likeness (QED) is 0.928. The first kappa shape index (κ1) is 16.0. The van der Waals surface area contributed by atoms with Crippen LogP contribution in [0.3, 0.4) is 0 Å². The lowest BCUT2D eigenvalue weighted by Gasteiger charge is -2.21. The molecule has 1 unspecified atom stereocenters. The second-order valence-corrected chi connectivity index (χ2v) is 5.99. The van der Waals surface area contributed by atoms with E-state index in [9.17, 15) is 14.4 Å². The van der Waals surface area contributed by atoms with E-state index in [1.807, 2.05) is 42.5 Å². The Labute approximate surface area is 139 Å². The summed E-state index contributed by atoms with van der Waals surface area (Å²) in [5.41, 5.74) is 0.786. The van der Waals surface area contributed by atoms with Gasteiger partial charge in [-0.25, -0.2) is 0 Å². The minimum Gasteiger partial charge on any atom is -0.480 e. The predicted octanol–water partition coefficient (Wildman–Crippen LogP) is 1.74. The summed E-state index contributed by atoms with van der Waals surface area (Å²) in [5.74, 6) is -2.01. The molecule has 1 aliphatic rings. The van der Waals surface area contributed by atoms with Crippen molar-refractivity contribution < 1.29 is 19.5 Å². The number of amides is 2. The van der Waals surface area contributed by atoms with E-state index in [1.54, 1.807) is 4.90 Å². The number of rotatable bonds is 4. The molecule has 0 saturated carbocycles. The van der Waals surface area contributed by atoms with Gasteiger partial charge >= 0.3 is 5.97 Å². The number of nitrogens with zero attached hydrogens (tertiary/aromatic N) is 2. The summed E-state index contributed by atoms with van der Waals surface area (Å²) in [7, 11) is 1.45. The third kappa shape index (κ3) is 2.95. The molecule has 0 aliphatic carbocycles. The monoisotopic (exact) mass is 326 g/mol. The fourth-order valence-electron chi connectivity index (χ4n) is 3.14. The molecule has 1 saturated heterocycles. The molecule has 1 heterocycles. The van der Waals surface area contributed by atoms with Crippen LogP contribution in [0.15, 0.2) is 42.5 Å². The molecule has 0 bridgehead atoms. The molecule has 1 N–H and O–H groups in total. The number of likely N-dealkylation sites (N-methyl/N-ethyl adjacent to an activating group) is 1. The highest BCUT2D eigenvalue weighted by atomic mass is 16.4. The average molecular weight is 326 g/mol. The molecule has 0 radical (unpaired) electrons. The number of benzene rings is 2. The number of carbonyl (C=O) groups is 3. The molecule has 6 nitrogen and oxygen atoms in total. The zero-order chi connectivity index (χ0) is 17.3. The van der Waals surface area contributed by atoms with Gasteiger partial charge in [-0.15, -0.1) is 0 Å². The van der Waals surface area contributed by atoms with Crippen LogP contribution in [0.4, 0.5) is 5.69 Å². The molecule has 124 valence electrons. The van der Waals surface area contributed by atoms with Crippen LogP contribution in [0, 0.1) is 5.92 Å². The second-order valence-electron chi connectivity index (χ2n) is 5.99. The molecule has 2 amide bonds. The number of carboxylic acid groups (broad SMARTS) is 1. The summed E-state index contributed by atoms with van der Waals surface area (Å²) in [6, 6.07) is 13.5. The molecule has 1 aliphatic heterocycles. The van der Waals surface area contributed by atoms with Crippen LogP contribution in [0.5, 0.6) is 0 Å². The molecule has 6 heteroatoms. The summed E-state index contributed by atoms with van der Waals surface area (Å²) in [6.45, 7) is -0.0899. The van der Waals surface area contributed by atoms with Crippen molar-refractivity contribution in [3.63, 3.8) is 0 Å². The Kier molecular flexibility index (Phi) is 4.20. The van der Waals surface area contributed by atoms with Gasteiger partial charge in [-0.3, -0.25) is 14.4 Å². The molecular weight excluding hydrogens is 308 g/mol. The number of carboxylic acids is 1. The van der Waals surface area contributed by atoms with E-state index in [0.29, 0.717) is 0 Å². The zero-order valence-electron chi connectivity index (χ0n) is 13.3. The normalized spacial score (nSPS) is 17.3. The summed E-state index contributed by atoms with van der Waals surface area (Å²) >= 11 is 0. The predicted molar refractivity (Wildman–Crippen MR) is 89.7 cm³/mol.